The summed E-state index contributed by atoms with van der Waals surface area (Å²) in [7, 11) is 0. The topological polar surface area (TPSA) is 67.5 Å². The van der Waals surface area contributed by atoms with Gasteiger partial charge in [-0.15, -0.1) is 0 Å². The molecule has 2 bridgehead atoms. The number of hydrogen-bond acceptors (Lipinski definition) is 2. The Morgan fingerprint density at radius 3 is 2.57 bits per heavy atom. The molecule has 14 heavy (non-hydrogen) atoms. The van der Waals surface area contributed by atoms with E-state index in [9.17, 15) is 4.79 Å². The lowest BCUT2D eigenvalue weighted by molar-refractivity contribution is 0.230. The molecule has 0 saturated heterocycles. The van der Waals surface area contributed by atoms with Crippen molar-refractivity contribution in [2.75, 3.05) is 0 Å². The summed E-state index contributed by atoms with van der Waals surface area (Å²) in [6.07, 6.45) is 5.10. The fraction of sp³-hybridized carbons (Fsp3) is 0.800. The SMILES string of the molecule is CC1/C(=N/NC(N)=O)C2CCC1CC2. The molecule has 0 aromatic carbocycles. The number of urea groups is 1. The molecule has 3 saturated carbocycles. The van der Waals surface area contributed by atoms with E-state index < -0.39 is 6.03 Å². The predicted octanol–water partition coefficient (Wildman–Crippen LogP) is 1.47. The van der Waals surface area contributed by atoms with Crippen LogP contribution in [0.2, 0.25) is 0 Å². The van der Waals surface area contributed by atoms with E-state index in [4.69, 9.17) is 5.73 Å². The second kappa shape index (κ2) is 3.59. The highest BCUT2D eigenvalue weighted by atomic mass is 16.2. The average Bonchev–Trinajstić information content (AvgIpc) is 2.18. The maximum Gasteiger partial charge on any atom is 0.332 e. The van der Waals surface area contributed by atoms with Crippen molar-refractivity contribution in [2.45, 2.75) is 32.6 Å². The molecule has 0 aliphatic heterocycles. The van der Waals surface area contributed by atoms with Crippen LogP contribution in [0.5, 0.6) is 0 Å². The molecule has 0 heterocycles. The van der Waals surface area contributed by atoms with Crippen LogP contribution in [0, 0.1) is 17.8 Å². The van der Waals surface area contributed by atoms with Crippen LogP contribution in [-0.4, -0.2) is 11.7 Å². The fourth-order valence-corrected chi connectivity index (χ4v) is 2.84. The molecule has 3 rings (SSSR count). The van der Waals surface area contributed by atoms with Gasteiger partial charge in [0.05, 0.1) is 0 Å². The van der Waals surface area contributed by atoms with Crippen molar-refractivity contribution in [1.82, 2.24) is 5.43 Å². The van der Waals surface area contributed by atoms with Gasteiger partial charge in [0.25, 0.3) is 0 Å². The normalized spacial score (nSPS) is 38.6. The molecule has 4 heteroatoms. The van der Waals surface area contributed by atoms with Gasteiger partial charge in [-0.25, -0.2) is 10.2 Å². The first-order valence-corrected chi connectivity index (χ1v) is 5.31. The molecule has 78 valence electrons. The Morgan fingerprint density at radius 1 is 1.43 bits per heavy atom. The van der Waals surface area contributed by atoms with Crippen LogP contribution in [-0.2, 0) is 0 Å². The molecule has 1 atom stereocenters. The van der Waals surface area contributed by atoms with Crippen LogP contribution in [0.3, 0.4) is 0 Å². The molecule has 3 N–H and O–H groups in total. The Labute approximate surface area is 83.9 Å². The third kappa shape index (κ3) is 1.61. The number of hydrazone groups is 1. The number of primary amides is 1. The summed E-state index contributed by atoms with van der Waals surface area (Å²) >= 11 is 0. The first-order valence-electron chi connectivity index (χ1n) is 5.31. The Bertz CT molecular complexity index is 263. The highest BCUT2D eigenvalue weighted by molar-refractivity contribution is 5.91. The van der Waals surface area contributed by atoms with Gasteiger partial charge in [0.15, 0.2) is 0 Å². The van der Waals surface area contributed by atoms with Gasteiger partial charge in [0.2, 0.25) is 0 Å². The lowest BCUT2D eigenvalue weighted by Gasteiger charge is -2.41. The first kappa shape index (κ1) is 9.49. The molecular weight excluding hydrogens is 178 g/mol. The largest absolute Gasteiger partial charge is 0.350 e. The minimum atomic E-state index is -0.564. The van der Waals surface area contributed by atoms with Crippen molar-refractivity contribution in [3.05, 3.63) is 0 Å². The van der Waals surface area contributed by atoms with Gasteiger partial charge in [-0.2, -0.15) is 5.10 Å². The van der Waals surface area contributed by atoms with Crippen molar-refractivity contribution in [2.24, 2.45) is 28.6 Å². The predicted molar refractivity (Wildman–Crippen MR) is 54.8 cm³/mol. The van der Waals surface area contributed by atoms with E-state index in [1.165, 1.54) is 25.7 Å². The maximum absolute atomic E-state index is 10.6. The van der Waals surface area contributed by atoms with Gasteiger partial charge < -0.3 is 5.73 Å². The van der Waals surface area contributed by atoms with Gasteiger partial charge in [-0.3, -0.25) is 0 Å². The van der Waals surface area contributed by atoms with E-state index in [2.05, 4.69) is 17.5 Å². The smallest absolute Gasteiger partial charge is 0.332 e. The second-order valence-electron chi connectivity index (χ2n) is 4.41. The van der Waals surface area contributed by atoms with Crippen molar-refractivity contribution >= 4 is 11.7 Å². The summed E-state index contributed by atoms with van der Waals surface area (Å²) in [5, 5.41) is 4.14. The third-order valence-corrected chi connectivity index (χ3v) is 3.66. The van der Waals surface area contributed by atoms with E-state index >= 15 is 0 Å². The first-order chi connectivity index (χ1) is 6.68. The van der Waals surface area contributed by atoms with E-state index in [-0.39, 0.29) is 0 Å². The van der Waals surface area contributed by atoms with Gasteiger partial charge in [-0.1, -0.05) is 6.92 Å². The van der Waals surface area contributed by atoms with Gasteiger partial charge >= 0.3 is 6.03 Å². The van der Waals surface area contributed by atoms with Gasteiger partial charge in [0, 0.05) is 5.71 Å². The molecule has 3 aliphatic rings. The number of nitrogens with two attached hydrogens (primary N) is 1. The highest BCUT2D eigenvalue weighted by Gasteiger charge is 2.38. The van der Waals surface area contributed by atoms with Gasteiger partial charge in [0.1, 0.15) is 0 Å². The van der Waals surface area contributed by atoms with E-state index in [1.54, 1.807) is 0 Å². The molecule has 3 aliphatic carbocycles. The summed E-state index contributed by atoms with van der Waals surface area (Å²) in [5.41, 5.74) is 8.51. The quantitative estimate of drug-likeness (QED) is 0.611. The number of fused-ring (bicyclic) bond motifs is 3. The number of nitrogens with one attached hydrogen (secondary N) is 1. The van der Waals surface area contributed by atoms with Crippen molar-refractivity contribution in [3.8, 4) is 0 Å². The maximum atomic E-state index is 10.6. The Balaban J connectivity index is 2.10. The Hall–Kier alpha value is -1.06. The average molecular weight is 195 g/mol. The molecule has 0 aromatic heterocycles. The standard InChI is InChI=1S/C10H17N3O/c1-6-7-2-4-8(5-3-7)9(6)12-13-10(11)14/h6-8H,2-5H2,1H3,(H3,11,13,14)/b12-9-. The zero-order valence-electron chi connectivity index (χ0n) is 8.49. The minimum Gasteiger partial charge on any atom is -0.350 e. The molecule has 0 radical (unpaired) electrons. The minimum absolute atomic E-state index is 0.523. The number of carbonyl (C=O) groups is 1. The molecular formula is C10H17N3O. The number of amides is 2. The zero-order chi connectivity index (χ0) is 10.1. The van der Waals surface area contributed by atoms with Crippen molar-refractivity contribution in [1.29, 1.82) is 0 Å². The molecule has 4 nitrogen and oxygen atoms in total. The summed E-state index contributed by atoms with van der Waals surface area (Å²) in [6.45, 7) is 2.21. The lowest BCUT2D eigenvalue weighted by atomic mass is 9.64. The van der Waals surface area contributed by atoms with E-state index in [1.807, 2.05) is 0 Å². The van der Waals surface area contributed by atoms with E-state index in [0.29, 0.717) is 11.8 Å². The van der Waals surface area contributed by atoms with E-state index in [0.717, 1.165) is 11.6 Å². The third-order valence-electron chi connectivity index (χ3n) is 3.66. The number of nitrogens with zero attached hydrogens (tertiary/aromatic N) is 1. The molecule has 2 amide bonds. The van der Waals surface area contributed by atoms with Gasteiger partial charge in [-0.05, 0) is 43.4 Å². The summed E-state index contributed by atoms with van der Waals surface area (Å²) in [6, 6.07) is -0.564. The summed E-state index contributed by atoms with van der Waals surface area (Å²) in [4.78, 5) is 10.6. The van der Waals surface area contributed by atoms with Crippen LogP contribution in [0.1, 0.15) is 32.6 Å². The van der Waals surface area contributed by atoms with Crippen molar-refractivity contribution < 1.29 is 4.79 Å². The van der Waals surface area contributed by atoms with Crippen LogP contribution in [0.4, 0.5) is 4.79 Å². The highest BCUT2D eigenvalue weighted by Crippen LogP contribution is 2.42. The van der Waals surface area contributed by atoms with Crippen LogP contribution in [0.15, 0.2) is 5.10 Å². The van der Waals surface area contributed by atoms with Crippen LogP contribution >= 0.6 is 0 Å². The second-order valence-corrected chi connectivity index (χ2v) is 4.41. The number of hydrogen-bond donors (Lipinski definition) is 2. The lowest BCUT2D eigenvalue weighted by Crippen LogP contribution is -2.41. The number of carbonyl (C=O) groups excluding carboxylic acids is 1. The van der Waals surface area contributed by atoms with Crippen molar-refractivity contribution in [3.63, 3.8) is 0 Å². The summed E-state index contributed by atoms with van der Waals surface area (Å²) in [5.74, 6) is 1.88. The summed E-state index contributed by atoms with van der Waals surface area (Å²) < 4.78 is 0. The Kier molecular flexibility index (Phi) is 2.44. The van der Waals surface area contributed by atoms with Crippen LogP contribution in [0.25, 0.3) is 0 Å². The molecule has 0 aromatic rings. The Morgan fingerprint density at radius 2 is 2.07 bits per heavy atom. The monoisotopic (exact) mass is 195 g/mol. The van der Waals surface area contributed by atoms with Crippen LogP contribution < -0.4 is 11.2 Å². The molecule has 0 spiro atoms. The fourth-order valence-electron chi connectivity index (χ4n) is 2.84. The molecule has 3 fully saturated rings. The zero-order valence-corrected chi connectivity index (χ0v) is 8.49. The molecule has 1 unspecified atom stereocenters. The number of rotatable bonds is 1.